The zero-order valence-electron chi connectivity index (χ0n) is 12.1. The average molecular weight is 274 g/mol. The highest BCUT2D eigenvalue weighted by molar-refractivity contribution is 5.81. The van der Waals surface area contributed by atoms with Gasteiger partial charge in [0.15, 0.2) is 5.79 Å². The quantitative estimate of drug-likeness (QED) is 0.845. The van der Waals surface area contributed by atoms with Gasteiger partial charge in [-0.2, -0.15) is 0 Å². The maximum Gasteiger partial charge on any atom is 0.167 e. The predicted octanol–water partition coefficient (Wildman–Crippen LogP) is 2.41. The first-order chi connectivity index (χ1) is 9.58. The molecule has 0 aliphatic carbocycles. The highest BCUT2D eigenvalue weighted by Crippen LogP contribution is 2.24. The molecule has 1 aliphatic rings. The van der Waals surface area contributed by atoms with E-state index in [1.54, 1.807) is 7.11 Å². The van der Waals surface area contributed by atoms with E-state index in [1.165, 1.54) is 22.2 Å². The topological polar surface area (TPSA) is 48.5 Å². The number of rotatable bonds is 3. The van der Waals surface area contributed by atoms with Crippen molar-refractivity contribution >= 4 is 10.9 Å². The van der Waals surface area contributed by atoms with Crippen LogP contribution < -0.4 is 0 Å². The molecule has 20 heavy (non-hydrogen) atoms. The van der Waals surface area contributed by atoms with E-state index in [2.05, 4.69) is 41.1 Å². The van der Waals surface area contributed by atoms with Crippen molar-refractivity contribution in [1.29, 1.82) is 0 Å². The normalized spacial score (nSPS) is 19.6. The summed E-state index contributed by atoms with van der Waals surface area (Å²) in [6.45, 7) is 4.75. The third-order valence-electron chi connectivity index (χ3n) is 4.24. The van der Waals surface area contributed by atoms with Gasteiger partial charge in [-0.05, 0) is 36.1 Å². The van der Waals surface area contributed by atoms with E-state index in [-0.39, 0.29) is 0 Å². The van der Waals surface area contributed by atoms with Crippen molar-refractivity contribution in [2.45, 2.75) is 32.1 Å². The van der Waals surface area contributed by atoms with E-state index in [9.17, 15) is 5.11 Å². The molecule has 0 saturated carbocycles. The first kappa shape index (κ1) is 13.6. The molecule has 1 aliphatic heterocycles. The Morgan fingerprint density at radius 1 is 1.30 bits per heavy atom. The zero-order valence-corrected chi connectivity index (χ0v) is 12.1. The van der Waals surface area contributed by atoms with Crippen LogP contribution in [0, 0.1) is 6.92 Å². The van der Waals surface area contributed by atoms with Gasteiger partial charge in [0.2, 0.25) is 0 Å². The number of aromatic amines is 1. The number of ether oxygens (including phenoxy) is 1. The summed E-state index contributed by atoms with van der Waals surface area (Å²) in [5, 5.41) is 11.3. The second kappa shape index (κ2) is 5.20. The number of fused-ring (bicyclic) bond motifs is 1. The summed E-state index contributed by atoms with van der Waals surface area (Å²) in [5.41, 5.74) is 3.71. The van der Waals surface area contributed by atoms with Gasteiger partial charge in [0.1, 0.15) is 0 Å². The minimum absolute atomic E-state index is 0.676. The van der Waals surface area contributed by atoms with Gasteiger partial charge in [0.25, 0.3) is 0 Å². The first-order valence-electron chi connectivity index (χ1n) is 7.16. The SMILES string of the molecule is COC1(O)CCN(Cc2ccc3[nH]c(C)cc3c2)CC1. The molecule has 1 aromatic heterocycles. The first-order valence-corrected chi connectivity index (χ1v) is 7.16. The lowest BCUT2D eigenvalue weighted by atomic mass is 10.0. The van der Waals surface area contributed by atoms with E-state index in [4.69, 9.17) is 4.74 Å². The molecule has 1 fully saturated rings. The van der Waals surface area contributed by atoms with Crippen molar-refractivity contribution in [2.75, 3.05) is 20.2 Å². The number of aryl methyl sites for hydroxylation is 1. The molecule has 0 unspecified atom stereocenters. The van der Waals surface area contributed by atoms with E-state index in [0.29, 0.717) is 12.8 Å². The smallest absolute Gasteiger partial charge is 0.167 e. The lowest BCUT2D eigenvalue weighted by molar-refractivity contribution is -0.210. The molecule has 0 amide bonds. The Morgan fingerprint density at radius 2 is 2.05 bits per heavy atom. The molecule has 108 valence electrons. The molecule has 2 N–H and O–H groups in total. The Morgan fingerprint density at radius 3 is 2.75 bits per heavy atom. The van der Waals surface area contributed by atoms with Gasteiger partial charge in [-0.3, -0.25) is 4.90 Å². The van der Waals surface area contributed by atoms with Crippen molar-refractivity contribution in [3.05, 3.63) is 35.5 Å². The van der Waals surface area contributed by atoms with Crippen LogP contribution in [0.25, 0.3) is 10.9 Å². The molecule has 3 rings (SSSR count). The minimum atomic E-state index is -0.918. The largest absolute Gasteiger partial charge is 0.365 e. The molecule has 0 spiro atoms. The number of H-pyrrole nitrogens is 1. The van der Waals surface area contributed by atoms with E-state index < -0.39 is 5.79 Å². The fourth-order valence-electron chi connectivity index (χ4n) is 2.95. The number of aliphatic hydroxyl groups is 1. The number of nitrogens with zero attached hydrogens (tertiary/aromatic N) is 1. The minimum Gasteiger partial charge on any atom is -0.365 e. The van der Waals surface area contributed by atoms with Crippen LogP contribution in [0.15, 0.2) is 24.3 Å². The Kier molecular flexibility index (Phi) is 3.54. The summed E-state index contributed by atoms with van der Waals surface area (Å²) in [7, 11) is 1.58. The van der Waals surface area contributed by atoms with Gasteiger partial charge in [-0.25, -0.2) is 0 Å². The third-order valence-corrected chi connectivity index (χ3v) is 4.24. The van der Waals surface area contributed by atoms with Gasteiger partial charge in [-0.1, -0.05) is 6.07 Å². The number of aromatic nitrogens is 1. The lowest BCUT2D eigenvalue weighted by Gasteiger charge is -2.37. The van der Waals surface area contributed by atoms with Gasteiger partial charge in [0.05, 0.1) is 0 Å². The highest BCUT2D eigenvalue weighted by atomic mass is 16.6. The number of benzene rings is 1. The van der Waals surface area contributed by atoms with Crippen molar-refractivity contribution in [2.24, 2.45) is 0 Å². The Hall–Kier alpha value is -1.36. The number of hydrogen-bond acceptors (Lipinski definition) is 3. The van der Waals surface area contributed by atoms with Gasteiger partial charge >= 0.3 is 0 Å². The summed E-state index contributed by atoms with van der Waals surface area (Å²) in [6, 6.07) is 8.75. The summed E-state index contributed by atoms with van der Waals surface area (Å²) >= 11 is 0. The van der Waals surface area contributed by atoms with E-state index in [0.717, 1.165) is 19.6 Å². The third kappa shape index (κ3) is 2.73. The van der Waals surface area contributed by atoms with Crippen LogP contribution in [0.2, 0.25) is 0 Å². The molecule has 0 bridgehead atoms. The van der Waals surface area contributed by atoms with Crippen molar-refractivity contribution in [3.63, 3.8) is 0 Å². The Labute approximate surface area is 119 Å². The lowest BCUT2D eigenvalue weighted by Crippen LogP contribution is -2.45. The molecule has 0 atom stereocenters. The molecule has 1 aromatic carbocycles. The molecule has 4 heteroatoms. The molecule has 1 saturated heterocycles. The number of hydrogen-bond donors (Lipinski definition) is 2. The standard InChI is InChI=1S/C16H22N2O2/c1-12-9-14-10-13(3-4-15(14)17-12)11-18-7-5-16(19,20-2)6-8-18/h3-4,9-10,17,19H,5-8,11H2,1-2H3. The van der Waals surface area contributed by atoms with Crippen LogP contribution in [0.1, 0.15) is 24.1 Å². The van der Waals surface area contributed by atoms with Crippen LogP contribution >= 0.6 is 0 Å². The average Bonchev–Trinajstić information content (AvgIpc) is 2.81. The maximum atomic E-state index is 10.1. The van der Waals surface area contributed by atoms with Crippen LogP contribution in [0.5, 0.6) is 0 Å². The van der Waals surface area contributed by atoms with Gasteiger partial charge < -0.3 is 14.8 Å². The zero-order chi connectivity index (χ0) is 14.2. The molecule has 2 heterocycles. The molecular formula is C16H22N2O2. The summed E-state index contributed by atoms with van der Waals surface area (Å²) < 4.78 is 5.16. The monoisotopic (exact) mass is 274 g/mol. The summed E-state index contributed by atoms with van der Waals surface area (Å²) in [6.07, 6.45) is 1.35. The highest BCUT2D eigenvalue weighted by Gasteiger charge is 2.31. The van der Waals surface area contributed by atoms with Gasteiger partial charge in [0, 0.05) is 50.8 Å². The van der Waals surface area contributed by atoms with Crippen LogP contribution in [0.3, 0.4) is 0 Å². The number of nitrogens with one attached hydrogen (secondary N) is 1. The molecule has 0 radical (unpaired) electrons. The van der Waals surface area contributed by atoms with Crippen LogP contribution in [0.4, 0.5) is 0 Å². The van der Waals surface area contributed by atoms with Crippen molar-refractivity contribution in [3.8, 4) is 0 Å². The van der Waals surface area contributed by atoms with Crippen molar-refractivity contribution in [1.82, 2.24) is 9.88 Å². The second-order valence-corrected chi connectivity index (χ2v) is 5.80. The predicted molar refractivity (Wildman–Crippen MR) is 79.5 cm³/mol. The maximum absolute atomic E-state index is 10.1. The number of piperidine rings is 1. The van der Waals surface area contributed by atoms with Crippen LogP contribution in [-0.4, -0.2) is 41.0 Å². The summed E-state index contributed by atoms with van der Waals surface area (Å²) in [5.74, 6) is -0.918. The number of likely N-dealkylation sites (tertiary alicyclic amines) is 1. The number of methoxy groups -OCH3 is 1. The second-order valence-electron chi connectivity index (χ2n) is 5.80. The van der Waals surface area contributed by atoms with Crippen molar-refractivity contribution < 1.29 is 9.84 Å². The fraction of sp³-hybridized carbons (Fsp3) is 0.500. The summed E-state index contributed by atoms with van der Waals surface area (Å²) in [4.78, 5) is 5.71. The van der Waals surface area contributed by atoms with E-state index in [1.807, 2.05) is 0 Å². The molecule has 2 aromatic rings. The van der Waals surface area contributed by atoms with E-state index >= 15 is 0 Å². The molecule has 4 nitrogen and oxygen atoms in total. The Bertz CT molecular complexity index is 598. The van der Waals surface area contributed by atoms with Gasteiger partial charge in [-0.15, -0.1) is 0 Å². The van der Waals surface area contributed by atoms with Crippen LogP contribution in [-0.2, 0) is 11.3 Å². The molecular weight excluding hydrogens is 252 g/mol. The fourth-order valence-corrected chi connectivity index (χ4v) is 2.95. The Balaban J connectivity index is 1.68.